The molecule has 0 rings (SSSR count). The number of hydrogen-bond acceptors (Lipinski definition) is 2. The Labute approximate surface area is 96.6 Å². The summed E-state index contributed by atoms with van der Waals surface area (Å²) in [4.78, 5) is 21.9. The Morgan fingerprint density at radius 1 is 1.25 bits per heavy atom. The fraction of sp³-hybridized carbons (Fsp3) is 0.818. The average Bonchev–Trinajstić information content (AvgIpc) is 2.25. The molecule has 0 aliphatic rings. The van der Waals surface area contributed by atoms with Crippen LogP contribution in [0, 0.1) is 5.92 Å². The molecule has 2 amide bonds. The molecule has 0 aromatic carbocycles. The Balaban J connectivity index is 3.69. The van der Waals surface area contributed by atoms with Crippen molar-refractivity contribution in [1.29, 1.82) is 0 Å². The smallest absolute Gasteiger partial charge is 0.315 e. The molecule has 0 aromatic heterocycles. The van der Waals surface area contributed by atoms with E-state index < -0.39 is 11.9 Å². The van der Waals surface area contributed by atoms with Gasteiger partial charge in [-0.15, -0.1) is 0 Å². The predicted octanol–water partition coefficient (Wildman–Crippen LogP) is 1.58. The summed E-state index contributed by atoms with van der Waals surface area (Å²) < 4.78 is 0. The molecule has 0 aromatic rings. The van der Waals surface area contributed by atoms with E-state index in [1.54, 1.807) is 6.92 Å². The van der Waals surface area contributed by atoms with Crippen LogP contribution in [0.4, 0.5) is 4.79 Å². The van der Waals surface area contributed by atoms with E-state index in [-0.39, 0.29) is 12.1 Å². The van der Waals surface area contributed by atoms with Crippen LogP contribution in [0.5, 0.6) is 0 Å². The van der Waals surface area contributed by atoms with Crippen molar-refractivity contribution in [2.24, 2.45) is 5.92 Å². The largest absolute Gasteiger partial charge is 0.481 e. The van der Waals surface area contributed by atoms with Crippen LogP contribution in [0.25, 0.3) is 0 Å². The molecule has 0 saturated carbocycles. The lowest BCUT2D eigenvalue weighted by Gasteiger charge is -2.15. The Kier molecular flexibility index (Phi) is 7.33. The standard InChI is InChI=1S/C11H22N2O3/c1-4-9(5-2)13-11(16)12-7-6-8(3)10(14)15/h8-9H,4-7H2,1-3H3,(H,14,15)(H2,12,13,16). The number of aliphatic carboxylic acids is 1. The van der Waals surface area contributed by atoms with E-state index in [0.717, 1.165) is 12.8 Å². The third kappa shape index (κ3) is 6.27. The summed E-state index contributed by atoms with van der Waals surface area (Å²) in [6.45, 7) is 6.05. The van der Waals surface area contributed by atoms with Crippen LogP contribution in [-0.2, 0) is 4.79 Å². The van der Waals surface area contributed by atoms with Crippen LogP contribution in [0.3, 0.4) is 0 Å². The van der Waals surface area contributed by atoms with Crippen molar-refractivity contribution in [3.8, 4) is 0 Å². The maximum Gasteiger partial charge on any atom is 0.315 e. The Bertz CT molecular complexity index is 227. The van der Waals surface area contributed by atoms with E-state index in [2.05, 4.69) is 10.6 Å². The van der Waals surface area contributed by atoms with Crippen molar-refractivity contribution in [2.45, 2.75) is 46.1 Å². The first-order valence-electron chi connectivity index (χ1n) is 5.78. The molecule has 0 radical (unpaired) electrons. The molecule has 1 atom stereocenters. The number of carbonyl (C=O) groups is 2. The van der Waals surface area contributed by atoms with Gasteiger partial charge in [-0.25, -0.2) is 4.79 Å². The van der Waals surface area contributed by atoms with Crippen molar-refractivity contribution in [3.63, 3.8) is 0 Å². The van der Waals surface area contributed by atoms with Gasteiger partial charge >= 0.3 is 12.0 Å². The number of amides is 2. The summed E-state index contributed by atoms with van der Waals surface area (Å²) in [7, 11) is 0. The number of carbonyl (C=O) groups excluding carboxylic acids is 1. The third-order valence-corrected chi connectivity index (χ3v) is 2.61. The number of urea groups is 1. The number of rotatable bonds is 7. The van der Waals surface area contributed by atoms with Gasteiger partial charge in [0, 0.05) is 12.6 Å². The number of hydrogen-bond donors (Lipinski definition) is 3. The first kappa shape index (κ1) is 14.7. The summed E-state index contributed by atoms with van der Waals surface area (Å²) in [6.07, 6.45) is 2.25. The zero-order valence-electron chi connectivity index (χ0n) is 10.2. The minimum Gasteiger partial charge on any atom is -0.481 e. The van der Waals surface area contributed by atoms with Gasteiger partial charge in [0.2, 0.25) is 0 Å². The Morgan fingerprint density at radius 3 is 2.25 bits per heavy atom. The van der Waals surface area contributed by atoms with E-state index in [9.17, 15) is 9.59 Å². The molecule has 0 saturated heterocycles. The molecule has 0 aliphatic carbocycles. The lowest BCUT2D eigenvalue weighted by molar-refractivity contribution is -0.141. The summed E-state index contributed by atoms with van der Waals surface area (Å²) >= 11 is 0. The molecule has 0 fully saturated rings. The zero-order valence-corrected chi connectivity index (χ0v) is 10.2. The second-order valence-electron chi connectivity index (χ2n) is 3.94. The van der Waals surface area contributed by atoms with Crippen molar-refractivity contribution < 1.29 is 14.7 Å². The molecular formula is C11H22N2O3. The minimum absolute atomic E-state index is 0.192. The number of nitrogens with one attached hydrogen (secondary N) is 2. The van der Waals surface area contributed by atoms with Gasteiger partial charge in [-0.05, 0) is 19.3 Å². The van der Waals surface area contributed by atoms with Gasteiger partial charge in [-0.1, -0.05) is 20.8 Å². The fourth-order valence-corrected chi connectivity index (χ4v) is 1.25. The summed E-state index contributed by atoms with van der Waals surface area (Å²) in [5, 5.41) is 14.1. The van der Waals surface area contributed by atoms with Crippen LogP contribution < -0.4 is 10.6 Å². The molecule has 0 aliphatic heterocycles. The lowest BCUT2D eigenvalue weighted by atomic mass is 10.1. The van der Waals surface area contributed by atoms with Crippen LogP contribution >= 0.6 is 0 Å². The topological polar surface area (TPSA) is 78.4 Å². The molecule has 0 bridgehead atoms. The van der Waals surface area contributed by atoms with Crippen LogP contribution in [0.15, 0.2) is 0 Å². The van der Waals surface area contributed by atoms with Crippen molar-refractivity contribution >= 4 is 12.0 Å². The van der Waals surface area contributed by atoms with E-state index in [4.69, 9.17) is 5.11 Å². The SMILES string of the molecule is CCC(CC)NC(=O)NCCC(C)C(=O)O. The van der Waals surface area contributed by atoms with Crippen LogP contribution in [0.2, 0.25) is 0 Å². The third-order valence-electron chi connectivity index (χ3n) is 2.61. The van der Waals surface area contributed by atoms with Crippen LogP contribution in [0.1, 0.15) is 40.0 Å². The highest BCUT2D eigenvalue weighted by atomic mass is 16.4. The van der Waals surface area contributed by atoms with E-state index in [1.807, 2.05) is 13.8 Å². The number of carboxylic acids is 1. The molecule has 16 heavy (non-hydrogen) atoms. The number of carboxylic acid groups (broad SMARTS) is 1. The normalized spacial score (nSPS) is 12.2. The molecule has 1 unspecified atom stereocenters. The zero-order chi connectivity index (χ0) is 12.6. The minimum atomic E-state index is -0.831. The van der Waals surface area contributed by atoms with Crippen molar-refractivity contribution in [3.05, 3.63) is 0 Å². The molecule has 94 valence electrons. The predicted molar refractivity (Wildman–Crippen MR) is 62.3 cm³/mol. The van der Waals surface area contributed by atoms with Gasteiger partial charge in [-0.3, -0.25) is 4.79 Å². The Morgan fingerprint density at radius 2 is 1.81 bits per heavy atom. The fourth-order valence-electron chi connectivity index (χ4n) is 1.25. The summed E-state index contributed by atoms with van der Waals surface area (Å²) in [6, 6.07) is -0.0248. The maximum absolute atomic E-state index is 11.4. The molecule has 0 spiro atoms. The second kappa shape index (κ2) is 7.96. The maximum atomic E-state index is 11.4. The van der Waals surface area contributed by atoms with Gasteiger partial charge in [-0.2, -0.15) is 0 Å². The molecule has 3 N–H and O–H groups in total. The van der Waals surface area contributed by atoms with E-state index in [1.165, 1.54) is 0 Å². The first-order chi connectivity index (χ1) is 7.51. The highest BCUT2D eigenvalue weighted by Crippen LogP contribution is 2.00. The second-order valence-corrected chi connectivity index (χ2v) is 3.94. The molecule has 5 nitrogen and oxygen atoms in total. The van der Waals surface area contributed by atoms with Gasteiger partial charge in [0.05, 0.1) is 5.92 Å². The van der Waals surface area contributed by atoms with Gasteiger partial charge < -0.3 is 15.7 Å². The molecule has 5 heteroatoms. The molecular weight excluding hydrogens is 208 g/mol. The van der Waals surface area contributed by atoms with E-state index >= 15 is 0 Å². The van der Waals surface area contributed by atoms with Crippen molar-refractivity contribution in [2.75, 3.05) is 6.54 Å². The van der Waals surface area contributed by atoms with Gasteiger partial charge in [0.25, 0.3) is 0 Å². The summed E-state index contributed by atoms with van der Waals surface area (Å²) in [5.41, 5.74) is 0. The lowest BCUT2D eigenvalue weighted by Crippen LogP contribution is -2.42. The monoisotopic (exact) mass is 230 g/mol. The van der Waals surface area contributed by atoms with E-state index in [0.29, 0.717) is 13.0 Å². The van der Waals surface area contributed by atoms with Crippen LogP contribution in [-0.4, -0.2) is 29.7 Å². The quantitative estimate of drug-likeness (QED) is 0.621. The van der Waals surface area contributed by atoms with Gasteiger partial charge in [0.15, 0.2) is 0 Å². The molecule has 0 heterocycles. The summed E-state index contributed by atoms with van der Waals surface area (Å²) in [5.74, 6) is -1.25. The highest BCUT2D eigenvalue weighted by Gasteiger charge is 2.11. The van der Waals surface area contributed by atoms with Crippen molar-refractivity contribution in [1.82, 2.24) is 10.6 Å². The van der Waals surface area contributed by atoms with Gasteiger partial charge in [0.1, 0.15) is 0 Å². The Hall–Kier alpha value is -1.26. The highest BCUT2D eigenvalue weighted by molar-refractivity contribution is 5.74. The first-order valence-corrected chi connectivity index (χ1v) is 5.78. The average molecular weight is 230 g/mol.